The molecule has 4 heteroatoms. The maximum Gasteiger partial charge on any atom is 0.235 e. The summed E-state index contributed by atoms with van der Waals surface area (Å²) in [6.07, 6.45) is 1.07. The summed E-state index contributed by atoms with van der Waals surface area (Å²) >= 11 is 0. The molecule has 0 aromatic carbocycles. The standard InChI is InChI=1S/C9H19N3O/c1-11(2)8(9(10)13)7-4-5-12(3)6-7/h7-8H,4-6H2,1-3H3,(H2,10,13). The lowest BCUT2D eigenvalue weighted by Crippen LogP contribution is -2.46. The van der Waals surface area contributed by atoms with Gasteiger partial charge >= 0.3 is 0 Å². The van der Waals surface area contributed by atoms with Gasteiger partial charge in [-0.1, -0.05) is 0 Å². The number of primary amides is 1. The molecule has 4 nitrogen and oxygen atoms in total. The van der Waals surface area contributed by atoms with Crippen LogP contribution in [0.2, 0.25) is 0 Å². The van der Waals surface area contributed by atoms with Crippen LogP contribution in [0.25, 0.3) is 0 Å². The van der Waals surface area contributed by atoms with E-state index in [0.29, 0.717) is 5.92 Å². The molecule has 1 fully saturated rings. The second kappa shape index (κ2) is 4.07. The number of rotatable bonds is 3. The van der Waals surface area contributed by atoms with Gasteiger partial charge in [0, 0.05) is 6.54 Å². The summed E-state index contributed by atoms with van der Waals surface area (Å²) in [7, 11) is 5.90. The predicted molar refractivity (Wildman–Crippen MR) is 52.3 cm³/mol. The maximum absolute atomic E-state index is 11.2. The third-order valence-corrected chi connectivity index (χ3v) is 2.72. The maximum atomic E-state index is 11.2. The van der Waals surface area contributed by atoms with Gasteiger partial charge in [-0.2, -0.15) is 0 Å². The van der Waals surface area contributed by atoms with Crippen LogP contribution in [0.5, 0.6) is 0 Å². The molecule has 0 radical (unpaired) electrons. The fourth-order valence-corrected chi connectivity index (χ4v) is 2.14. The molecule has 1 heterocycles. The Balaban J connectivity index is 2.60. The summed E-state index contributed by atoms with van der Waals surface area (Å²) in [5.74, 6) is 0.197. The monoisotopic (exact) mass is 185 g/mol. The first-order valence-electron chi connectivity index (χ1n) is 4.66. The summed E-state index contributed by atoms with van der Waals surface area (Å²) in [5.41, 5.74) is 5.36. The van der Waals surface area contributed by atoms with Gasteiger partial charge in [0.05, 0.1) is 6.04 Å². The Hall–Kier alpha value is -0.610. The second-order valence-electron chi connectivity index (χ2n) is 4.12. The van der Waals surface area contributed by atoms with Crippen molar-refractivity contribution in [2.24, 2.45) is 11.7 Å². The minimum absolute atomic E-state index is 0.107. The van der Waals surface area contributed by atoms with Gasteiger partial charge in [-0.15, -0.1) is 0 Å². The van der Waals surface area contributed by atoms with Crippen LogP contribution in [0, 0.1) is 5.92 Å². The summed E-state index contributed by atoms with van der Waals surface area (Å²) in [6.45, 7) is 2.05. The van der Waals surface area contributed by atoms with E-state index in [1.165, 1.54) is 0 Å². The Morgan fingerprint density at radius 2 is 2.23 bits per heavy atom. The lowest BCUT2D eigenvalue weighted by Gasteiger charge is -2.26. The minimum Gasteiger partial charge on any atom is -0.368 e. The van der Waals surface area contributed by atoms with Crippen molar-refractivity contribution >= 4 is 5.91 Å². The number of carbonyl (C=O) groups excluding carboxylic acids is 1. The van der Waals surface area contributed by atoms with Gasteiger partial charge in [-0.05, 0) is 40.0 Å². The van der Waals surface area contributed by atoms with Crippen molar-refractivity contribution in [3.8, 4) is 0 Å². The Morgan fingerprint density at radius 1 is 1.62 bits per heavy atom. The van der Waals surface area contributed by atoms with Crippen LogP contribution in [0.1, 0.15) is 6.42 Å². The molecular weight excluding hydrogens is 166 g/mol. The first-order chi connectivity index (χ1) is 6.02. The van der Waals surface area contributed by atoms with Crippen LogP contribution in [-0.4, -0.2) is 56.0 Å². The van der Waals surface area contributed by atoms with Crippen LogP contribution in [0.15, 0.2) is 0 Å². The first-order valence-corrected chi connectivity index (χ1v) is 4.66. The van der Waals surface area contributed by atoms with E-state index in [-0.39, 0.29) is 11.9 Å². The van der Waals surface area contributed by atoms with E-state index >= 15 is 0 Å². The van der Waals surface area contributed by atoms with E-state index in [1.54, 1.807) is 0 Å². The van der Waals surface area contributed by atoms with Gasteiger partial charge < -0.3 is 10.6 Å². The highest BCUT2D eigenvalue weighted by Crippen LogP contribution is 2.20. The minimum atomic E-state index is -0.203. The molecular formula is C9H19N3O. The number of nitrogens with zero attached hydrogens (tertiary/aromatic N) is 2. The topological polar surface area (TPSA) is 49.6 Å². The van der Waals surface area contributed by atoms with E-state index in [0.717, 1.165) is 19.5 Å². The lowest BCUT2D eigenvalue weighted by molar-refractivity contribution is -0.123. The van der Waals surface area contributed by atoms with E-state index in [4.69, 9.17) is 5.73 Å². The second-order valence-corrected chi connectivity index (χ2v) is 4.12. The molecule has 0 saturated carbocycles. The van der Waals surface area contributed by atoms with Gasteiger partial charge in [0.1, 0.15) is 0 Å². The Bertz CT molecular complexity index is 193. The van der Waals surface area contributed by atoms with E-state index in [1.807, 2.05) is 19.0 Å². The molecule has 2 atom stereocenters. The molecule has 0 aliphatic carbocycles. The van der Waals surface area contributed by atoms with Crippen molar-refractivity contribution in [2.45, 2.75) is 12.5 Å². The zero-order chi connectivity index (χ0) is 10.0. The predicted octanol–water partition coefficient (Wildman–Crippen LogP) is -0.646. The number of likely N-dealkylation sites (N-methyl/N-ethyl adjacent to an activating group) is 1. The zero-order valence-electron chi connectivity index (χ0n) is 8.66. The van der Waals surface area contributed by atoms with Gasteiger partial charge in [-0.3, -0.25) is 9.69 Å². The van der Waals surface area contributed by atoms with Crippen molar-refractivity contribution in [3.63, 3.8) is 0 Å². The average Bonchev–Trinajstić information content (AvgIpc) is 2.34. The molecule has 1 amide bonds. The first kappa shape index (κ1) is 10.5. The zero-order valence-corrected chi connectivity index (χ0v) is 8.66. The number of likely N-dealkylation sites (tertiary alicyclic amines) is 1. The summed E-state index contributed by atoms with van der Waals surface area (Å²) in [5, 5.41) is 0. The average molecular weight is 185 g/mol. The summed E-state index contributed by atoms with van der Waals surface area (Å²) in [4.78, 5) is 15.4. The SMILES string of the molecule is CN1CCC(C(C(N)=O)N(C)C)C1. The Morgan fingerprint density at radius 3 is 2.54 bits per heavy atom. The van der Waals surface area contributed by atoms with Crippen molar-refractivity contribution in [2.75, 3.05) is 34.2 Å². The molecule has 1 aliphatic heterocycles. The van der Waals surface area contributed by atoms with Gasteiger partial charge in [0.15, 0.2) is 0 Å². The van der Waals surface area contributed by atoms with Crippen molar-refractivity contribution < 1.29 is 4.79 Å². The number of nitrogens with two attached hydrogens (primary N) is 1. The van der Waals surface area contributed by atoms with E-state index in [9.17, 15) is 4.79 Å². The van der Waals surface area contributed by atoms with Gasteiger partial charge in [0.25, 0.3) is 0 Å². The van der Waals surface area contributed by atoms with Gasteiger partial charge in [-0.25, -0.2) is 0 Å². The largest absolute Gasteiger partial charge is 0.368 e. The van der Waals surface area contributed by atoms with Crippen LogP contribution in [0.4, 0.5) is 0 Å². The smallest absolute Gasteiger partial charge is 0.235 e. The van der Waals surface area contributed by atoms with Crippen LogP contribution >= 0.6 is 0 Å². The summed E-state index contributed by atoms with van der Waals surface area (Å²) in [6, 6.07) is -0.107. The third kappa shape index (κ3) is 2.42. The lowest BCUT2D eigenvalue weighted by atomic mass is 9.97. The Kier molecular flexibility index (Phi) is 3.27. The highest BCUT2D eigenvalue weighted by Gasteiger charge is 2.32. The van der Waals surface area contributed by atoms with E-state index in [2.05, 4.69) is 11.9 Å². The van der Waals surface area contributed by atoms with Crippen molar-refractivity contribution in [1.82, 2.24) is 9.80 Å². The Labute approximate surface area is 79.7 Å². The van der Waals surface area contributed by atoms with E-state index < -0.39 is 0 Å². The number of carbonyl (C=O) groups is 1. The molecule has 1 rings (SSSR count). The fraction of sp³-hybridized carbons (Fsp3) is 0.889. The molecule has 1 saturated heterocycles. The molecule has 0 aromatic heterocycles. The fourth-order valence-electron chi connectivity index (χ4n) is 2.14. The molecule has 0 spiro atoms. The molecule has 13 heavy (non-hydrogen) atoms. The number of amides is 1. The highest BCUT2D eigenvalue weighted by atomic mass is 16.1. The quantitative estimate of drug-likeness (QED) is 0.636. The van der Waals surface area contributed by atoms with Crippen LogP contribution in [0.3, 0.4) is 0 Å². The molecule has 76 valence electrons. The van der Waals surface area contributed by atoms with Crippen molar-refractivity contribution in [1.29, 1.82) is 0 Å². The van der Waals surface area contributed by atoms with Crippen LogP contribution in [-0.2, 0) is 4.79 Å². The number of hydrogen-bond donors (Lipinski definition) is 1. The molecule has 2 unspecified atom stereocenters. The molecule has 2 N–H and O–H groups in total. The third-order valence-electron chi connectivity index (χ3n) is 2.72. The van der Waals surface area contributed by atoms with Gasteiger partial charge in [0.2, 0.25) is 5.91 Å². The van der Waals surface area contributed by atoms with Crippen LogP contribution < -0.4 is 5.73 Å². The summed E-state index contributed by atoms with van der Waals surface area (Å²) < 4.78 is 0. The highest BCUT2D eigenvalue weighted by molar-refractivity contribution is 5.80. The molecule has 1 aliphatic rings. The molecule has 0 bridgehead atoms. The molecule has 0 aromatic rings. The normalized spacial score (nSPS) is 26.6. The van der Waals surface area contributed by atoms with Crippen molar-refractivity contribution in [3.05, 3.63) is 0 Å². The number of hydrogen-bond acceptors (Lipinski definition) is 3.